The first-order valence-corrected chi connectivity index (χ1v) is 8.79. The molecule has 0 saturated heterocycles. The molecule has 0 atom stereocenters. The van der Waals surface area contributed by atoms with Gasteiger partial charge in [0.1, 0.15) is 5.75 Å². The molecule has 1 aromatic heterocycles. The predicted octanol–water partition coefficient (Wildman–Crippen LogP) is 4.85. The van der Waals surface area contributed by atoms with Gasteiger partial charge in [0, 0.05) is 17.2 Å². The number of aromatic amines is 1. The molecule has 0 unspecified atom stereocenters. The van der Waals surface area contributed by atoms with Gasteiger partial charge in [-0.3, -0.25) is 9.78 Å². The lowest BCUT2D eigenvalue weighted by Gasteiger charge is -2.06. The Hall–Kier alpha value is -2.54. The molecule has 0 saturated carbocycles. The highest BCUT2D eigenvalue weighted by atomic mass is 35.5. The van der Waals surface area contributed by atoms with Crippen LogP contribution < -0.4 is 15.7 Å². The van der Waals surface area contributed by atoms with Crippen molar-refractivity contribution in [3.63, 3.8) is 0 Å². The van der Waals surface area contributed by atoms with Gasteiger partial charge in [0.25, 0.3) is 5.56 Å². The maximum absolute atomic E-state index is 11.9. The van der Waals surface area contributed by atoms with Crippen LogP contribution in [0, 0.1) is 0 Å². The second kappa shape index (κ2) is 8.43. The van der Waals surface area contributed by atoms with E-state index in [0.717, 1.165) is 5.56 Å². The van der Waals surface area contributed by atoms with Crippen LogP contribution in [0.2, 0.25) is 15.1 Å². The Kier molecular flexibility index (Phi) is 6.01. The molecule has 1 heterocycles. The minimum atomic E-state index is -0.327. The summed E-state index contributed by atoms with van der Waals surface area (Å²) in [6.45, 7) is 0. The number of nitrogens with one attached hydrogen (secondary N) is 2. The van der Waals surface area contributed by atoms with E-state index in [0.29, 0.717) is 27.1 Å². The quantitative estimate of drug-likeness (QED) is 0.349. The first-order valence-electron chi connectivity index (χ1n) is 7.66. The zero-order chi connectivity index (χ0) is 19.4. The van der Waals surface area contributed by atoms with Crippen molar-refractivity contribution in [1.82, 2.24) is 9.97 Å². The van der Waals surface area contributed by atoms with Gasteiger partial charge in [0.15, 0.2) is 0 Å². The van der Waals surface area contributed by atoms with E-state index in [2.05, 4.69) is 20.5 Å². The number of H-pyrrole nitrogens is 1. The van der Waals surface area contributed by atoms with Crippen molar-refractivity contribution in [2.75, 3.05) is 12.5 Å². The van der Waals surface area contributed by atoms with E-state index < -0.39 is 0 Å². The van der Waals surface area contributed by atoms with Gasteiger partial charge < -0.3 is 4.74 Å². The summed E-state index contributed by atoms with van der Waals surface area (Å²) in [5.41, 5.74) is 4.03. The molecule has 0 radical (unpaired) electrons. The van der Waals surface area contributed by atoms with Gasteiger partial charge in [0.2, 0.25) is 5.95 Å². The Labute approximate surface area is 169 Å². The van der Waals surface area contributed by atoms with Crippen LogP contribution >= 0.6 is 34.8 Å². The number of ether oxygens (including phenoxy) is 1. The Morgan fingerprint density at radius 3 is 2.52 bits per heavy atom. The molecule has 6 nitrogen and oxygen atoms in total. The number of hydrogen-bond donors (Lipinski definition) is 2. The van der Waals surface area contributed by atoms with Crippen molar-refractivity contribution in [3.8, 4) is 17.0 Å². The number of methoxy groups -OCH3 is 1. The predicted molar refractivity (Wildman–Crippen MR) is 110 cm³/mol. The van der Waals surface area contributed by atoms with E-state index in [1.807, 2.05) is 0 Å². The number of anilines is 1. The molecule has 27 heavy (non-hydrogen) atoms. The molecule has 138 valence electrons. The molecule has 0 aliphatic heterocycles. The molecule has 9 heteroatoms. The molecule has 0 fully saturated rings. The lowest BCUT2D eigenvalue weighted by Crippen LogP contribution is -2.10. The zero-order valence-electron chi connectivity index (χ0n) is 14.0. The number of hydrazone groups is 1. The van der Waals surface area contributed by atoms with E-state index >= 15 is 0 Å². The number of benzene rings is 2. The van der Waals surface area contributed by atoms with Gasteiger partial charge in [-0.15, -0.1) is 0 Å². The Morgan fingerprint density at radius 2 is 1.81 bits per heavy atom. The van der Waals surface area contributed by atoms with E-state index in [1.54, 1.807) is 43.5 Å². The summed E-state index contributed by atoms with van der Waals surface area (Å²) in [6.07, 6.45) is 1.40. The molecule has 2 N–H and O–H groups in total. The Morgan fingerprint density at radius 1 is 1.11 bits per heavy atom. The third-order valence-electron chi connectivity index (χ3n) is 3.57. The minimum Gasteiger partial charge on any atom is -0.497 e. The maximum atomic E-state index is 11.9. The fraction of sp³-hybridized carbons (Fsp3) is 0.0556. The maximum Gasteiger partial charge on any atom is 0.252 e. The summed E-state index contributed by atoms with van der Waals surface area (Å²) in [5.74, 6) is 0.876. The Balaban J connectivity index is 1.85. The number of aromatic nitrogens is 2. The van der Waals surface area contributed by atoms with Crippen LogP contribution in [0.4, 0.5) is 5.95 Å². The van der Waals surface area contributed by atoms with Gasteiger partial charge in [-0.25, -0.2) is 10.4 Å². The second-order valence-corrected chi connectivity index (χ2v) is 6.53. The monoisotopic (exact) mass is 422 g/mol. The van der Waals surface area contributed by atoms with E-state index in [4.69, 9.17) is 39.5 Å². The van der Waals surface area contributed by atoms with Crippen molar-refractivity contribution < 1.29 is 4.74 Å². The topological polar surface area (TPSA) is 79.4 Å². The second-order valence-electron chi connectivity index (χ2n) is 5.33. The molecule has 3 rings (SSSR count). The van der Waals surface area contributed by atoms with E-state index in [9.17, 15) is 4.79 Å². The molecule has 0 aliphatic carbocycles. The fourth-order valence-corrected chi connectivity index (χ4v) is 2.87. The van der Waals surface area contributed by atoms with Crippen LogP contribution in [-0.2, 0) is 0 Å². The van der Waals surface area contributed by atoms with Gasteiger partial charge in [0.05, 0.1) is 34.1 Å². The van der Waals surface area contributed by atoms with Crippen LogP contribution in [0.15, 0.2) is 52.4 Å². The van der Waals surface area contributed by atoms with Gasteiger partial charge >= 0.3 is 0 Å². The zero-order valence-corrected chi connectivity index (χ0v) is 16.2. The van der Waals surface area contributed by atoms with Crippen LogP contribution in [0.1, 0.15) is 5.56 Å². The number of nitrogens with zero attached hydrogens (tertiary/aromatic N) is 2. The van der Waals surface area contributed by atoms with Gasteiger partial charge in [-0.2, -0.15) is 5.10 Å². The summed E-state index contributed by atoms with van der Waals surface area (Å²) >= 11 is 18.2. The first kappa shape index (κ1) is 19.2. The summed E-state index contributed by atoms with van der Waals surface area (Å²) in [5, 5.41) is 5.05. The molecule has 0 bridgehead atoms. The van der Waals surface area contributed by atoms with Crippen LogP contribution in [-0.4, -0.2) is 23.3 Å². The standard InChI is InChI=1S/C18H13Cl3N4O2/c1-27-11-4-2-10(3-5-11)15-8-16(26)24-18(23-15)25-22-9-12-13(19)6-7-14(20)17(12)21/h2-9H,1H3,(H2,23,24,25,26)/b22-9-. The third-order valence-corrected chi connectivity index (χ3v) is 4.72. The van der Waals surface area contributed by atoms with Crippen molar-refractivity contribution in [3.05, 3.63) is 73.4 Å². The Bertz CT molecular complexity index is 1050. The normalized spacial score (nSPS) is 11.0. The summed E-state index contributed by atoms with van der Waals surface area (Å²) in [6, 6.07) is 11.8. The van der Waals surface area contributed by atoms with Crippen LogP contribution in [0.5, 0.6) is 5.75 Å². The summed E-state index contributed by atoms with van der Waals surface area (Å²) in [4.78, 5) is 18.8. The van der Waals surface area contributed by atoms with Crippen LogP contribution in [0.3, 0.4) is 0 Å². The molecule has 0 spiro atoms. The number of halogens is 3. The lowest BCUT2D eigenvalue weighted by atomic mass is 10.1. The summed E-state index contributed by atoms with van der Waals surface area (Å²) in [7, 11) is 1.58. The lowest BCUT2D eigenvalue weighted by molar-refractivity contribution is 0.415. The molecular formula is C18H13Cl3N4O2. The molecule has 0 aliphatic rings. The number of rotatable bonds is 5. The van der Waals surface area contributed by atoms with Crippen molar-refractivity contribution >= 4 is 47.0 Å². The van der Waals surface area contributed by atoms with Crippen molar-refractivity contribution in [1.29, 1.82) is 0 Å². The third kappa shape index (κ3) is 4.60. The molecular weight excluding hydrogens is 411 g/mol. The average molecular weight is 424 g/mol. The van der Waals surface area contributed by atoms with E-state index in [1.165, 1.54) is 12.3 Å². The largest absolute Gasteiger partial charge is 0.497 e. The van der Waals surface area contributed by atoms with Gasteiger partial charge in [-0.05, 0) is 36.4 Å². The molecule has 3 aromatic rings. The molecule has 2 aromatic carbocycles. The highest BCUT2D eigenvalue weighted by Crippen LogP contribution is 2.30. The van der Waals surface area contributed by atoms with Gasteiger partial charge in [-0.1, -0.05) is 34.8 Å². The number of hydrogen-bond acceptors (Lipinski definition) is 5. The fourth-order valence-electron chi connectivity index (χ4n) is 2.24. The molecule has 0 amide bonds. The average Bonchev–Trinajstić information content (AvgIpc) is 2.67. The summed E-state index contributed by atoms with van der Waals surface area (Å²) < 4.78 is 5.12. The van der Waals surface area contributed by atoms with E-state index in [-0.39, 0.29) is 16.5 Å². The SMILES string of the molecule is COc1ccc(-c2cc(=O)[nH]c(N/N=C\c3c(Cl)ccc(Cl)c3Cl)n2)cc1. The first-order chi connectivity index (χ1) is 13.0. The highest BCUT2D eigenvalue weighted by molar-refractivity contribution is 6.45. The van der Waals surface area contributed by atoms with Crippen molar-refractivity contribution in [2.45, 2.75) is 0 Å². The smallest absolute Gasteiger partial charge is 0.252 e. The highest BCUT2D eigenvalue weighted by Gasteiger charge is 2.08. The van der Waals surface area contributed by atoms with Crippen LogP contribution in [0.25, 0.3) is 11.3 Å². The minimum absolute atomic E-state index is 0.166. The van der Waals surface area contributed by atoms with Crippen molar-refractivity contribution in [2.24, 2.45) is 5.10 Å².